The van der Waals surface area contributed by atoms with Crippen LogP contribution in [0.2, 0.25) is 0 Å². The molecule has 1 aromatic carbocycles. The zero-order valence-corrected chi connectivity index (χ0v) is 17.1. The largest absolute Gasteiger partial charge is 0.422 e. The maximum absolute atomic E-state index is 12.0. The van der Waals surface area contributed by atoms with Crippen molar-refractivity contribution in [3.05, 3.63) is 47.5 Å². The van der Waals surface area contributed by atoms with Crippen LogP contribution in [0.25, 0.3) is 0 Å². The van der Waals surface area contributed by atoms with Crippen LogP contribution in [0, 0.1) is 0 Å². The molecule has 0 radical (unpaired) electrons. The van der Waals surface area contributed by atoms with Crippen molar-refractivity contribution in [2.75, 3.05) is 34.0 Å². The van der Waals surface area contributed by atoms with Gasteiger partial charge in [-0.1, -0.05) is 42.0 Å². The molecule has 2 aliphatic rings. The minimum Gasteiger partial charge on any atom is -0.422 e. The molecule has 6 heteroatoms. The van der Waals surface area contributed by atoms with Gasteiger partial charge in [-0.3, -0.25) is 4.90 Å². The summed E-state index contributed by atoms with van der Waals surface area (Å²) in [5.74, 6) is 0. The lowest BCUT2D eigenvalue weighted by atomic mass is 9.86. The molecule has 0 saturated carbocycles. The molecule has 0 spiro atoms. The summed E-state index contributed by atoms with van der Waals surface area (Å²) in [6, 6.07) is 11.5. The second-order valence-corrected chi connectivity index (χ2v) is 7.22. The lowest BCUT2D eigenvalue weighted by Crippen LogP contribution is -2.50. The maximum Gasteiger partial charge on any atom is 0.411 e. The first-order valence-electron chi connectivity index (χ1n) is 9.54. The van der Waals surface area contributed by atoms with Crippen LogP contribution in [0.1, 0.15) is 31.2 Å². The van der Waals surface area contributed by atoms with E-state index in [-0.39, 0.29) is 31.3 Å². The Kier molecular flexibility index (Phi) is 8.61. The number of ether oxygens (including phenoxy) is 2. The number of likely N-dealkylation sites (tertiary alicyclic amines) is 1. The van der Waals surface area contributed by atoms with Gasteiger partial charge in [-0.15, -0.1) is 12.4 Å². The maximum atomic E-state index is 12.0. The Hall–Kier alpha value is -1.56. The Morgan fingerprint density at radius 3 is 2.48 bits per heavy atom. The van der Waals surface area contributed by atoms with Gasteiger partial charge in [0.05, 0.1) is 0 Å². The first-order chi connectivity index (χ1) is 12.7. The van der Waals surface area contributed by atoms with E-state index in [1.807, 2.05) is 7.05 Å². The summed E-state index contributed by atoms with van der Waals surface area (Å²) in [5, 5.41) is 0. The van der Waals surface area contributed by atoms with Gasteiger partial charge in [0.2, 0.25) is 0 Å². The number of methoxy groups -OCH3 is 1. The van der Waals surface area contributed by atoms with E-state index >= 15 is 0 Å². The van der Waals surface area contributed by atoms with Gasteiger partial charge >= 0.3 is 6.09 Å². The number of hydrogen-bond donors (Lipinski definition) is 0. The number of carbonyl (C=O) groups is 1. The average Bonchev–Trinajstić information content (AvgIpc) is 2.64. The fraction of sp³-hybridized carbons (Fsp3) is 0.571. The number of nitrogens with zero attached hydrogens (tertiary/aromatic N) is 2. The lowest BCUT2D eigenvalue weighted by Gasteiger charge is -2.42. The van der Waals surface area contributed by atoms with E-state index in [2.05, 4.69) is 41.3 Å². The van der Waals surface area contributed by atoms with Gasteiger partial charge in [0.15, 0.2) is 6.79 Å². The summed E-state index contributed by atoms with van der Waals surface area (Å²) in [6.45, 7) is 2.04. The van der Waals surface area contributed by atoms with E-state index in [0.29, 0.717) is 6.04 Å². The molecule has 0 bridgehead atoms. The first kappa shape index (κ1) is 21.7. The standard InChI is InChI=1S/C21H30N2O3.ClH/c1-22(21(24)26-16-25-2)19-11-13-23(14-12-19)20(18-9-6-10-18)15-17-7-4-3-5-8-17;/h3-5,7-9,19-20H,6,10-16H2,1-2H3;1H. The third-order valence-electron chi connectivity index (χ3n) is 5.62. The SMILES string of the molecule is COCOC(=O)N(C)C1CCN(C(Cc2ccccc2)C2=CCC2)CC1.Cl. The molecule has 3 rings (SSSR count). The number of amides is 1. The zero-order valence-electron chi connectivity index (χ0n) is 16.3. The molecule has 1 amide bonds. The van der Waals surface area contributed by atoms with E-state index in [9.17, 15) is 4.79 Å². The minimum atomic E-state index is -0.298. The highest BCUT2D eigenvalue weighted by Crippen LogP contribution is 2.30. The molecule has 150 valence electrons. The van der Waals surface area contributed by atoms with Crippen LogP contribution in [0.5, 0.6) is 0 Å². The highest BCUT2D eigenvalue weighted by molar-refractivity contribution is 5.85. The van der Waals surface area contributed by atoms with Crippen LogP contribution in [0.3, 0.4) is 0 Å². The molecule has 1 saturated heterocycles. The third kappa shape index (κ3) is 5.71. The fourth-order valence-corrected chi connectivity index (χ4v) is 3.89. The Labute approximate surface area is 168 Å². The normalized spacial score (nSPS) is 18.7. The summed E-state index contributed by atoms with van der Waals surface area (Å²) in [6.07, 6.45) is 7.57. The molecule has 1 unspecified atom stereocenters. The van der Waals surface area contributed by atoms with Crippen molar-refractivity contribution in [3.63, 3.8) is 0 Å². The quantitative estimate of drug-likeness (QED) is 0.520. The number of allylic oxidation sites excluding steroid dienone is 1. The molecule has 1 atom stereocenters. The van der Waals surface area contributed by atoms with Gasteiger partial charge in [0.1, 0.15) is 0 Å². The topological polar surface area (TPSA) is 42.0 Å². The number of carbonyl (C=O) groups excluding carboxylic acids is 1. The number of rotatable bonds is 7. The van der Waals surface area contributed by atoms with E-state index in [0.717, 1.165) is 32.4 Å². The van der Waals surface area contributed by atoms with Crippen LogP contribution in [-0.4, -0.2) is 62.0 Å². The Morgan fingerprint density at radius 1 is 1.26 bits per heavy atom. The summed E-state index contributed by atoms with van der Waals surface area (Å²) >= 11 is 0. The smallest absolute Gasteiger partial charge is 0.411 e. The van der Waals surface area contributed by atoms with Crippen molar-refractivity contribution < 1.29 is 14.3 Å². The first-order valence-corrected chi connectivity index (χ1v) is 9.54. The van der Waals surface area contributed by atoms with E-state index < -0.39 is 0 Å². The van der Waals surface area contributed by atoms with E-state index in [1.165, 1.54) is 25.5 Å². The molecule has 1 aromatic rings. The van der Waals surface area contributed by atoms with Crippen LogP contribution in [0.4, 0.5) is 4.79 Å². The van der Waals surface area contributed by atoms with Gasteiger partial charge in [0.25, 0.3) is 0 Å². The van der Waals surface area contributed by atoms with Crippen LogP contribution in [-0.2, 0) is 15.9 Å². The number of halogens is 1. The van der Waals surface area contributed by atoms with Gasteiger partial charge in [-0.25, -0.2) is 4.79 Å². The minimum absolute atomic E-state index is 0. The van der Waals surface area contributed by atoms with Crippen molar-refractivity contribution in [1.29, 1.82) is 0 Å². The van der Waals surface area contributed by atoms with E-state index in [4.69, 9.17) is 9.47 Å². The molecule has 0 N–H and O–H groups in total. The molecular weight excluding hydrogens is 364 g/mol. The van der Waals surface area contributed by atoms with Crippen molar-refractivity contribution in [1.82, 2.24) is 9.80 Å². The van der Waals surface area contributed by atoms with Crippen molar-refractivity contribution in [2.45, 2.75) is 44.2 Å². The Balaban J connectivity index is 0.00000261. The molecule has 1 aliphatic heterocycles. The zero-order chi connectivity index (χ0) is 18.4. The predicted molar refractivity (Wildman–Crippen MR) is 109 cm³/mol. The average molecular weight is 395 g/mol. The summed E-state index contributed by atoms with van der Waals surface area (Å²) < 4.78 is 9.88. The predicted octanol–water partition coefficient (Wildman–Crippen LogP) is 3.88. The third-order valence-corrected chi connectivity index (χ3v) is 5.62. The summed E-state index contributed by atoms with van der Waals surface area (Å²) in [5.41, 5.74) is 2.98. The Bertz CT molecular complexity index is 615. The molecule has 5 nitrogen and oxygen atoms in total. The highest BCUT2D eigenvalue weighted by Gasteiger charge is 2.31. The fourth-order valence-electron chi connectivity index (χ4n) is 3.89. The van der Waals surface area contributed by atoms with Crippen molar-refractivity contribution >= 4 is 18.5 Å². The summed E-state index contributed by atoms with van der Waals surface area (Å²) in [4.78, 5) is 16.3. The van der Waals surface area contributed by atoms with Crippen LogP contribution >= 0.6 is 12.4 Å². The second-order valence-electron chi connectivity index (χ2n) is 7.22. The monoisotopic (exact) mass is 394 g/mol. The van der Waals surface area contributed by atoms with Crippen molar-refractivity contribution in [3.8, 4) is 0 Å². The van der Waals surface area contributed by atoms with Gasteiger partial charge < -0.3 is 14.4 Å². The van der Waals surface area contributed by atoms with Gasteiger partial charge in [0, 0.05) is 39.3 Å². The van der Waals surface area contributed by atoms with Crippen molar-refractivity contribution in [2.24, 2.45) is 0 Å². The lowest BCUT2D eigenvalue weighted by molar-refractivity contribution is -0.0104. The molecule has 1 heterocycles. The molecule has 1 aliphatic carbocycles. The van der Waals surface area contributed by atoms with Crippen LogP contribution < -0.4 is 0 Å². The Morgan fingerprint density at radius 2 is 1.93 bits per heavy atom. The highest BCUT2D eigenvalue weighted by atomic mass is 35.5. The number of piperidine rings is 1. The summed E-state index contributed by atoms with van der Waals surface area (Å²) in [7, 11) is 3.35. The number of hydrogen-bond acceptors (Lipinski definition) is 4. The van der Waals surface area contributed by atoms with Crippen LogP contribution in [0.15, 0.2) is 42.0 Å². The molecule has 0 aromatic heterocycles. The molecule has 27 heavy (non-hydrogen) atoms. The van der Waals surface area contributed by atoms with Gasteiger partial charge in [-0.05, 0) is 37.7 Å². The molecule has 1 fully saturated rings. The second kappa shape index (κ2) is 10.7. The van der Waals surface area contributed by atoms with Gasteiger partial charge in [-0.2, -0.15) is 0 Å². The molecular formula is C21H31ClN2O3. The van der Waals surface area contributed by atoms with E-state index in [1.54, 1.807) is 10.5 Å². The number of benzene rings is 1.